The minimum Gasteiger partial charge on any atom is -0.381 e. The molecule has 1 N–H and O–H groups in total. The molecule has 0 radical (unpaired) electrons. The number of nitrogens with one attached hydrogen (secondary N) is 1. The number of imidazole rings is 1. The average molecular weight is 721 g/mol. The number of amides is 2. The fraction of sp³-hybridized carbons (Fsp3) is 0.537. The van der Waals surface area contributed by atoms with Crippen molar-refractivity contribution in [2.75, 3.05) is 49.6 Å². The Balaban J connectivity index is 1.08. The number of benzene rings is 1. The molecule has 1 spiro atoms. The summed E-state index contributed by atoms with van der Waals surface area (Å²) in [7, 11) is 0. The number of carbonyl (C=O) groups is 2. The molecule has 4 aliphatic heterocycles. The number of rotatable bonds is 7. The molecule has 3 aromatic heterocycles. The molecule has 278 valence electrons. The number of piperidine rings is 1. The highest BCUT2D eigenvalue weighted by Crippen LogP contribution is 2.52. The number of halogens is 1. The maximum atomic E-state index is 14.9. The van der Waals surface area contributed by atoms with Gasteiger partial charge in [-0.2, -0.15) is 0 Å². The first kappa shape index (κ1) is 34.4. The smallest absolute Gasteiger partial charge is 0.238 e. The zero-order valence-electron chi connectivity index (χ0n) is 31.1. The molecule has 5 aliphatic rings. The summed E-state index contributed by atoms with van der Waals surface area (Å²) in [4.78, 5) is 48.7. The zero-order chi connectivity index (χ0) is 36.6. The van der Waals surface area contributed by atoms with Gasteiger partial charge in [-0.25, -0.2) is 14.4 Å². The molecule has 3 saturated heterocycles. The second-order valence-electron chi connectivity index (χ2n) is 17.0. The maximum absolute atomic E-state index is 14.9. The van der Waals surface area contributed by atoms with Gasteiger partial charge in [-0.1, -0.05) is 26.0 Å². The molecule has 0 unspecified atom stereocenters. The van der Waals surface area contributed by atoms with E-state index in [1.54, 1.807) is 18.6 Å². The van der Waals surface area contributed by atoms with Crippen LogP contribution in [0.4, 0.5) is 21.6 Å². The van der Waals surface area contributed by atoms with E-state index < -0.39 is 11.2 Å². The molecular formula is C41H49FN8O3. The first-order chi connectivity index (χ1) is 25.5. The fourth-order valence-corrected chi connectivity index (χ4v) is 9.52. The summed E-state index contributed by atoms with van der Waals surface area (Å²) >= 11 is 0. The molecule has 1 atom stereocenters. The van der Waals surface area contributed by atoms with E-state index in [9.17, 15) is 14.0 Å². The quantitative estimate of drug-likeness (QED) is 0.232. The summed E-state index contributed by atoms with van der Waals surface area (Å²) in [5.41, 5.74) is 5.01. The largest absolute Gasteiger partial charge is 0.381 e. The molecule has 1 saturated carbocycles. The number of pyridine rings is 2. The van der Waals surface area contributed by atoms with Gasteiger partial charge in [0.1, 0.15) is 5.52 Å². The predicted molar refractivity (Wildman–Crippen MR) is 202 cm³/mol. The lowest BCUT2D eigenvalue weighted by Crippen LogP contribution is -2.58. The standard InChI is InChI=1S/C41H49FN8O3/c1-25(2)49-24-44-34-20-33(46-37(36(34)49)45-32-7-12-43-21-31(32)42)26-5-6-30-35(17-26)50(29-18-28(19-29)48-13-9-40(3,4)23-48)39(52)41(30)10-14-47(15-11-41)38(51)27-8-16-53-22-27/h5-7,12,17,20-21,24-25,27-29H,8-11,13-16,18-19,22-23H2,1-4H3,(H,43,45,46)/t27-,28?,29?/m0/s1. The highest BCUT2D eigenvalue weighted by molar-refractivity contribution is 6.09. The highest BCUT2D eigenvalue weighted by Gasteiger charge is 2.56. The Bertz CT molecular complexity index is 2080. The van der Waals surface area contributed by atoms with Crippen LogP contribution in [0.25, 0.3) is 22.3 Å². The summed E-state index contributed by atoms with van der Waals surface area (Å²) in [6, 6.07) is 10.6. The number of fused-ring (bicyclic) bond motifs is 3. The van der Waals surface area contributed by atoms with Crippen molar-refractivity contribution in [3.63, 3.8) is 0 Å². The third-order valence-electron chi connectivity index (χ3n) is 12.7. The molecule has 0 bridgehead atoms. The van der Waals surface area contributed by atoms with Gasteiger partial charge in [-0.3, -0.25) is 19.5 Å². The van der Waals surface area contributed by atoms with Crippen molar-refractivity contribution in [3.05, 3.63) is 60.4 Å². The van der Waals surface area contributed by atoms with E-state index in [-0.39, 0.29) is 35.5 Å². The summed E-state index contributed by atoms with van der Waals surface area (Å²) < 4.78 is 22.4. The molecule has 1 aliphatic carbocycles. The Labute approximate surface area is 309 Å². The van der Waals surface area contributed by atoms with Crippen molar-refractivity contribution in [2.24, 2.45) is 11.3 Å². The van der Waals surface area contributed by atoms with E-state index in [1.807, 2.05) is 15.5 Å². The van der Waals surface area contributed by atoms with E-state index in [1.165, 1.54) is 12.6 Å². The van der Waals surface area contributed by atoms with Crippen LogP contribution in [0.3, 0.4) is 0 Å². The minimum absolute atomic E-state index is 0.0802. The van der Waals surface area contributed by atoms with Crippen LogP contribution in [0.5, 0.6) is 0 Å². The molecule has 12 heteroatoms. The van der Waals surface area contributed by atoms with Gasteiger partial charge in [0.05, 0.1) is 47.4 Å². The predicted octanol–water partition coefficient (Wildman–Crippen LogP) is 6.46. The van der Waals surface area contributed by atoms with Gasteiger partial charge >= 0.3 is 0 Å². The highest BCUT2D eigenvalue weighted by atomic mass is 19.1. The molecule has 4 aromatic rings. The maximum Gasteiger partial charge on any atom is 0.238 e. The summed E-state index contributed by atoms with van der Waals surface area (Å²) in [5, 5.41) is 3.23. The first-order valence-corrected chi connectivity index (χ1v) is 19.3. The lowest BCUT2D eigenvalue weighted by Gasteiger charge is -2.46. The molecule has 11 nitrogen and oxygen atoms in total. The molecule has 53 heavy (non-hydrogen) atoms. The van der Waals surface area contributed by atoms with Crippen LogP contribution >= 0.6 is 0 Å². The Kier molecular flexibility index (Phi) is 8.34. The second kappa shape index (κ2) is 12.9. The van der Waals surface area contributed by atoms with Crippen LogP contribution in [-0.2, 0) is 19.7 Å². The second-order valence-corrected chi connectivity index (χ2v) is 17.0. The number of hydrogen-bond donors (Lipinski definition) is 1. The summed E-state index contributed by atoms with van der Waals surface area (Å²) in [6.07, 6.45) is 9.62. The van der Waals surface area contributed by atoms with E-state index >= 15 is 0 Å². The molecule has 2 amide bonds. The Morgan fingerprint density at radius 2 is 1.87 bits per heavy atom. The van der Waals surface area contributed by atoms with Gasteiger partial charge in [0.15, 0.2) is 11.6 Å². The third kappa shape index (κ3) is 5.80. The van der Waals surface area contributed by atoms with Crippen LogP contribution in [0, 0.1) is 17.2 Å². The van der Waals surface area contributed by atoms with Crippen LogP contribution < -0.4 is 10.2 Å². The van der Waals surface area contributed by atoms with Crippen molar-refractivity contribution < 1.29 is 18.7 Å². The van der Waals surface area contributed by atoms with E-state index in [4.69, 9.17) is 14.7 Å². The van der Waals surface area contributed by atoms with Crippen molar-refractivity contribution in [1.29, 1.82) is 0 Å². The number of hydrogen-bond acceptors (Lipinski definition) is 8. The van der Waals surface area contributed by atoms with E-state index in [2.05, 4.69) is 66.0 Å². The summed E-state index contributed by atoms with van der Waals surface area (Å²) in [6.45, 7) is 13.3. The van der Waals surface area contributed by atoms with Crippen molar-refractivity contribution in [1.82, 2.24) is 29.3 Å². The van der Waals surface area contributed by atoms with E-state index in [0.29, 0.717) is 62.1 Å². The topological polar surface area (TPSA) is 109 Å². The molecule has 9 rings (SSSR count). The molecule has 4 fully saturated rings. The van der Waals surface area contributed by atoms with Gasteiger partial charge in [-0.05, 0) is 88.1 Å². The molecule has 1 aromatic carbocycles. The lowest BCUT2D eigenvalue weighted by atomic mass is 9.73. The van der Waals surface area contributed by atoms with Crippen LogP contribution in [-0.4, -0.2) is 92.6 Å². The Morgan fingerprint density at radius 1 is 1.06 bits per heavy atom. The van der Waals surface area contributed by atoms with Crippen molar-refractivity contribution in [3.8, 4) is 11.3 Å². The van der Waals surface area contributed by atoms with Crippen LogP contribution in [0.15, 0.2) is 49.1 Å². The van der Waals surface area contributed by atoms with Gasteiger partial charge in [-0.15, -0.1) is 0 Å². The number of aromatic nitrogens is 4. The van der Waals surface area contributed by atoms with Gasteiger partial charge < -0.3 is 24.4 Å². The number of likely N-dealkylation sites (tertiary alicyclic amines) is 2. The van der Waals surface area contributed by atoms with Crippen LogP contribution in [0.2, 0.25) is 0 Å². The first-order valence-electron chi connectivity index (χ1n) is 19.3. The number of ether oxygens (including phenoxy) is 1. The number of nitrogens with zero attached hydrogens (tertiary/aromatic N) is 7. The zero-order valence-corrected chi connectivity index (χ0v) is 31.1. The average Bonchev–Trinajstić information content (AvgIpc) is 3.93. The third-order valence-corrected chi connectivity index (χ3v) is 12.7. The molecule has 7 heterocycles. The lowest BCUT2D eigenvalue weighted by molar-refractivity contribution is -0.139. The van der Waals surface area contributed by atoms with Gasteiger partial charge in [0.2, 0.25) is 11.8 Å². The number of anilines is 3. The van der Waals surface area contributed by atoms with Crippen LogP contribution in [0.1, 0.15) is 77.8 Å². The Hall–Kier alpha value is -4.42. The normalized spacial score (nSPS) is 25.1. The van der Waals surface area contributed by atoms with Gasteiger partial charge in [0, 0.05) is 61.8 Å². The fourth-order valence-electron chi connectivity index (χ4n) is 9.52. The van der Waals surface area contributed by atoms with Crippen molar-refractivity contribution >= 4 is 40.0 Å². The van der Waals surface area contributed by atoms with Gasteiger partial charge in [0.25, 0.3) is 0 Å². The Morgan fingerprint density at radius 3 is 2.57 bits per heavy atom. The summed E-state index contributed by atoms with van der Waals surface area (Å²) in [5.74, 6) is 0.270. The van der Waals surface area contributed by atoms with E-state index in [0.717, 1.165) is 60.2 Å². The number of carbonyl (C=O) groups excluding carboxylic acids is 2. The SMILES string of the molecule is CC(C)n1cnc2cc(-c3ccc4c(c3)N(C3CC(N5CCC(C)(C)C5)C3)C(=O)C43CCN(C(=O)[C@H]4CCOC4)CC3)nc(Nc3ccncc3F)c21. The minimum atomic E-state index is -0.670. The van der Waals surface area contributed by atoms with Crippen molar-refractivity contribution in [2.45, 2.75) is 89.8 Å². The monoisotopic (exact) mass is 720 g/mol. The molecular weight excluding hydrogens is 672 g/mol.